The highest BCUT2D eigenvalue weighted by molar-refractivity contribution is 7.80. The van der Waals surface area contributed by atoms with Gasteiger partial charge in [-0.25, -0.2) is 0 Å². The molecule has 3 nitrogen and oxygen atoms in total. The molecule has 0 saturated heterocycles. The minimum Gasteiger partial charge on any atom is -0.318 e. The number of nitrogens with one attached hydrogen (secondary N) is 1. The van der Waals surface area contributed by atoms with Gasteiger partial charge < -0.3 is 4.90 Å². The molecule has 1 aliphatic rings. The fourth-order valence-corrected chi connectivity index (χ4v) is 3.05. The highest BCUT2D eigenvalue weighted by Crippen LogP contribution is 2.26. The highest BCUT2D eigenvalue weighted by Gasteiger charge is 2.21. The number of hydrogen-bond acceptors (Lipinski definition) is 2. The first-order valence-corrected chi connectivity index (χ1v) is 7.83. The lowest BCUT2D eigenvalue weighted by Gasteiger charge is -2.31. The molecule has 1 N–H and O–H groups in total. The summed E-state index contributed by atoms with van der Waals surface area (Å²) in [5.74, 6) is -0.156. The quantitative estimate of drug-likeness (QED) is 0.819. The van der Waals surface area contributed by atoms with Gasteiger partial charge in [0.25, 0.3) is 5.91 Å². The SMILES string of the molecule is Cc1cccc(C(=O)NC(=S)N2CCCc3ccccc32)c1. The molecule has 0 unspecified atom stereocenters. The maximum Gasteiger partial charge on any atom is 0.257 e. The Hall–Kier alpha value is -2.20. The summed E-state index contributed by atoms with van der Waals surface area (Å²) in [7, 11) is 0. The average Bonchev–Trinajstić information content (AvgIpc) is 2.54. The van der Waals surface area contributed by atoms with Crippen LogP contribution in [0.2, 0.25) is 0 Å². The van der Waals surface area contributed by atoms with Crippen molar-refractivity contribution in [2.75, 3.05) is 11.4 Å². The zero-order valence-corrected chi connectivity index (χ0v) is 13.3. The van der Waals surface area contributed by atoms with Gasteiger partial charge in [0, 0.05) is 17.8 Å². The molecule has 1 aliphatic heterocycles. The van der Waals surface area contributed by atoms with E-state index in [2.05, 4.69) is 17.4 Å². The van der Waals surface area contributed by atoms with E-state index in [0.29, 0.717) is 10.7 Å². The molecule has 0 atom stereocenters. The van der Waals surface area contributed by atoms with Gasteiger partial charge in [-0.3, -0.25) is 10.1 Å². The fraction of sp³-hybridized carbons (Fsp3) is 0.222. The van der Waals surface area contributed by atoms with Gasteiger partial charge in [0.05, 0.1) is 0 Å². The number of rotatable bonds is 1. The van der Waals surface area contributed by atoms with E-state index in [0.717, 1.165) is 30.6 Å². The molecule has 0 saturated carbocycles. The van der Waals surface area contributed by atoms with E-state index in [4.69, 9.17) is 12.2 Å². The third-order valence-corrected chi connectivity index (χ3v) is 4.18. The van der Waals surface area contributed by atoms with Gasteiger partial charge >= 0.3 is 0 Å². The number of fused-ring (bicyclic) bond motifs is 1. The van der Waals surface area contributed by atoms with Crippen molar-refractivity contribution < 1.29 is 4.79 Å². The van der Waals surface area contributed by atoms with E-state index < -0.39 is 0 Å². The number of amides is 1. The van der Waals surface area contributed by atoms with Crippen molar-refractivity contribution in [3.8, 4) is 0 Å². The third kappa shape index (κ3) is 3.02. The van der Waals surface area contributed by atoms with Crippen molar-refractivity contribution in [2.24, 2.45) is 0 Å². The molecule has 2 aromatic rings. The Morgan fingerprint density at radius 3 is 2.82 bits per heavy atom. The van der Waals surface area contributed by atoms with Crippen LogP contribution in [0.15, 0.2) is 48.5 Å². The monoisotopic (exact) mass is 310 g/mol. The van der Waals surface area contributed by atoms with Gasteiger partial charge in [-0.2, -0.15) is 0 Å². The number of anilines is 1. The third-order valence-electron chi connectivity index (χ3n) is 3.86. The van der Waals surface area contributed by atoms with Crippen LogP contribution in [0.3, 0.4) is 0 Å². The van der Waals surface area contributed by atoms with Crippen molar-refractivity contribution in [1.29, 1.82) is 0 Å². The summed E-state index contributed by atoms with van der Waals surface area (Å²) in [6.07, 6.45) is 2.10. The predicted octanol–water partition coefficient (Wildman–Crippen LogP) is 3.46. The van der Waals surface area contributed by atoms with Crippen molar-refractivity contribution in [3.63, 3.8) is 0 Å². The Morgan fingerprint density at radius 2 is 2.00 bits per heavy atom. The standard InChI is InChI=1S/C18H18N2OS/c1-13-6-4-8-15(12-13)17(21)19-18(22)20-11-5-9-14-7-2-3-10-16(14)20/h2-4,6-8,10,12H,5,9,11H2,1H3,(H,19,21,22). The lowest BCUT2D eigenvalue weighted by atomic mass is 10.0. The summed E-state index contributed by atoms with van der Waals surface area (Å²) in [6, 6.07) is 15.7. The number of aryl methyl sites for hydroxylation is 2. The van der Waals surface area contributed by atoms with Crippen molar-refractivity contribution >= 4 is 28.9 Å². The Morgan fingerprint density at radius 1 is 1.18 bits per heavy atom. The largest absolute Gasteiger partial charge is 0.318 e. The molecule has 1 heterocycles. The van der Waals surface area contributed by atoms with Crippen molar-refractivity contribution in [3.05, 3.63) is 65.2 Å². The number of thiocarbonyl (C=S) groups is 1. The van der Waals surface area contributed by atoms with Crippen LogP contribution >= 0.6 is 12.2 Å². The van der Waals surface area contributed by atoms with Crippen LogP contribution in [0.1, 0.15) is 27.9 Å². The first kappa shape index (κ1) is 14.7. The van der Waals surface area contributed by atoms with E-state index in [-0.39, 0.29) is 5.91 Å². The van der Waals surface area contributed by atoms with Crippen LogP contribution in [-0.4, -0.2) is 17.6 Å². The molecule has 0 bridgehead atoms. The Labute approximate surface area is 136 Å². The molecular weight excluding hydrogens is 292 g/mol. The highest BCUT2D eigenvalue weighted by atomic mass is 32.1. The van der Waals surface area contributed by atoms with Crippen LogP contribution in [0, 0.1) is 6.92 Å². The average molecular weight is 310 g/mol. The lowest BCUT2D eigenvalue weighted by molar-refractivity contribution is 0.0977. The topological polar surface area (TPSA) is 32.3 Å². The number of hydrogen-bond donors (Lipinski definition) is 1. The van der Waals surface area contributed by atoms with Gasteiger partial charge in [0.2, 0.25) is 0 Å². The summed E-state index contributed by atoms with van der Waals surface area (Å²) in [4.78, 5) is 14.4. The number of carbonyl (C=O) groups excluding carboxylic acids is 1. The second-order valence-corrected chi connectivity index (χ2v) is 5.90. The summed E-state index contributed by atoms with van der Waals surface area (Å²) in [5.41, 5.74) is 4.07. The Balaban J connectivity index is 1.77. The maximum absolute atomic E-state index is 12.3. The van der Waals surface area contributed by atoms with Gasteiger partial charge in [0.15, 0.2) is 5.11 Å². The van der Waals surface area contributed by atoms with Crippen molar-refractivity contribution in [1.82, 2.24) is 5.32 Å². The van der Waals surface area contributed by atoms with Gasteiger partial charge in [0.1, 0.15) is 0 Å². The van der Waals surface area contributed by atoms with E-state index >= 15 is 0 Å². The van der Waals surface area contributed by atoms with E-state index in [1.807, 2.05) is 42.2 Å². The second kappa shape index (κ2) is 6.28. The second-order valence-electron chi connectivity index (χ2n) is 5.51. The molecule has 112 valence electrons. The number of benzene rings is 2. The van der Waals surface area contributed by atoms with Crippen molar-refractivity contribution in [2.45, 2.75) is 19.8 Å². The maximum atomic E-state index is 12.3. The first-order valence-electron chi connectivity index (χ1n) is 7.42. The molecule has 0 aromatic heterocycles. The molecule has 3 rings (SSSR count). The zero-order valence-electron chi connectivity index (χ0n) is 12.5. The molecule has 0 radical (unpaired) electrons. The molecule has 0 fully saturated rings. The molecule has 0 aliphatic carbocycles. The summed E-state index contributed by atoms with van der Waals surface area (Å²) >= 11 is 5.45. The molecule has 0 spiro atoms. The van der Waals surface area contributed by atoms with E-state index in [9.17, 15) is 4.79 Å². The van der Waals surface area contributed by atoms with Crippen LogP contribution < -0.4 is 10.2 Å². The molecule has 4 heteroatoms. The molecule has 1 amide bonds. The first-order chi connectivity index (χ1) is 10.6. The zero-order chi connectivity index (χ0) is 15.5. The van der Waals surface area contributed by atoms with Gasteiger partial charge in [-0.05, 0) is 55.7 Å². The summed E-state index contributed by atoms with van der Waals surface area (Å²) in [5, 5.41) is 3.32. The van der Waals surface area contributed by atoms with Crippen LogP contribution in [0.4, 0.5) is 5.69 Å². The molecule has 2 aromatic carbocycles. The fourth-order valence-electron chi connectivity index (χ4n) is 2.77. The minimum absolute atomic E-state index is 0.156. The van der Waals surface area contributed by atoms with E-state index in [1.54, 1.807) is 6.07 Å². The molecule has 22 heavy (non-hydrogen) atoms. The lowest BCUT2D eigenvalue weighted by Crippen LogP contribution is -2.45. The summed E-state index contributed by atoms with van der Waals surface area (Å²) < 4.78 is 0. The number of nitrogens with zero attached hydrogens (tertiary/aromatic N) is 1. The summed E-state index contributed by atoms with van der Waals surface area (Å²) in [6.45, 7) is 2.81. The van der Waals surface area contributed by atoms with Gasteiger partial charge in [-0.15, -0.1) is 0 Å². The predicted molar refractivity (Wildman–Crippen MR) is 93.4 cm³/mol. The number of carbonyl (C=O) groups is 1. The minimum atomic E-state index is -0.156. The Bertz CT molecular complexity index is 727. The number of para-hydroxylation sites is 1. The van der Waals surface area contributed by atoms with E-state index in [1.165, 1.54) is 5.56 Å². The van der Waals surface area contributed by atoms with Crippen LogP contribution in [0.5, 0.6) is 0 Å². The van der Waals surface area contributed by atoms with Gasteiger partial charge in [-0.1, -0.05) is 35.9 Å². The van der Waals surface area contributed by atoms with Crippen LogP contribution in [-0.2, 0) is 6.42 Å². The Kier molecular flexibility index (Phi) is 4.20. The molecular formula is C18H18N2OS. The van der Waals surface area contributed by atoms with Crippen LogP contribution in [0.25, 0.3) is 0 Å². The smallest absolute Gasteiger partial charge is 0.257 e. The normalized spacial score (nSPS) is 13.4.